The molecule has 8 nitrogen and oxygen atoms in total. The van der Waals surface area contributed by atoms with E-state index in [0.29, 0.717) is 42.9 Å². The number of nitrogens with zero attached hydrogens (tertiary/aromatic N) is 2. The number of fused-ring (bicyclic) bond motifs is 1. The first-order valence-corrected chi connectivity index (χ1v) is 15.0. The summed E-state index contributed by atoms with van der Waals surface area (Å²) in [7, 11) is -3.62. The van der Waals surface area contributed by atoms with Crippen LogP contribution in [0.4, 0.5) is 5.00 Å². The molecule has 4 heterocycles. The van der Waals surface area contributed by atoms with Crippen LogP contribution in [-0.2, 0) is 34.3 Å². The number of rotatable bonds is 7. The second kappa shape index (κ2) is 10.4. The molecule has 0 aliphatic carbocycles. The van der Waals surface area contributed by atoms with Crippen molar-refractivity contribution >= 4 is 49.5 Å². The maximum atomic E-state index is 13.2. The summed E-state index contributed by atoms with van der Waals surface area (Å²) in [6.07, 6.45) is 1.87. The first-order chi connectivity index (χ1) is 17.3. The van der Waals surface area contributed by atoms with Gasteiger partial charge in [-0.25, -0.2) is 8.42 Å². The highest BCUT2D eigenvalue weighted by Gasteiger charge is 2.35. The van der Waals surface area contributed by atoms with Crippen LogP contribution < -0.4 is 11.1 Å². The predicted octanol–water partition coefficient (Wildman–Crippen LogP) is 3.51. The summed E-state index contributed by atoms with van der Waals surface area (Å²) in [5.74, 6) is -1.32. The average molecular weight is 545 g/mol. The van der Waals surface area contributed by atoms with Crippen LogP contribution in [0.3, 0.4) is 0 Å². The number of hydrogen-bond donors (Lipinski definition) is 2. The predicted molar refractivity (Wildman–Crippen MR) is 142 cm³/mol. The van der Waals surface area contributed by atoms with Crippen molar-refractivity contribution < 1.29 is 18.0 Å². The Balaban J connectivity index is 1.31. The summed E-state index contributed by atoms with van der Waals surface area (Å²) in [6.45, 7) is 2.79. The van der Waals surface area contributed by atoms with Crippen molar-refractivity contribution in [1.82, 2.24) is 9.21 Å². The Bertz CT molecular complexity index is 1350. The molecule has 1 fully saturated rings. The van der Waals surface area contributed by atoms with E-state index in [9.17, 15) is 18.0 Å². The second-order valence-corrected chi connectivity index (χ2v) is 13.4. The number of hydrogen-bond acceptors (Lipinski definition) is 7. The van der Waals surface area contributed by atoms with Gasteiger partial charge in [-0.1, -0.05) is 36.4 Å². The Morgan fingerprint density at radius 1 is 1.11 bits per heavy atom. The molecule has 2 aromatic heterocycles. The van der Waals surface area contributed by atoms with Gasteiger partial charge in [0.05, 0.1) is 11.5 Å². The molecule has 1 aromatic carbocycles. The van der Waals surface area contributed by atoms with Crippen molar-refractivity contribution in [1.29, 1.82) is 0 Å². The van der Waals surface area contributed by atoms with E-state index in [1.165, 1.54) is 32.5 Å². The van der Waals surface area contributed by atoms with Gasteiger partial charge in [0.25, 0.3) is 15.9 Å². The first kappa shape index (κ1) is 25.1. The summed E-state index contributed by atoms with van der Waals surface area (Å²) < 4.78 is 27.6. The lowest BCUT2D eigenvalue weighted by atomic mass is 9.98. The van der Waals surface area contributed by atoms with E-state index >= 15 is 0 Å². The molecule has 3 N–H and O–H groups in total. The number of amides is 2. The van der Waals surface area contributed by atoms with Gasteiger partial charge in [0.2, 0.25) is 5.91 Å². The zero-order valence-corrected chi connectivity index (χ0v) is 22.1. The van der Waals surface area contributed by atoms with Crippen molar-refractivity contribution in [3.63, 3.8) is 0 Å². The van der Waals surface area contributed by atoms with E-state index in [2.05, 4.69) is 22.3 Å². The molecule has 2 aliphatic rings. The number of nitrogens with one attached hydrogen (secondary N) is 1. The molecule has 3 aromatic rings. The zero-order chi connectivity index (χ0) is 25.3. The van der Waals surface area contributed by atoms with Gasteiger partial charge in [-0.15, -0.1) is 22.7 Å². The third kappa shape index (κ3) is 5.12. The topological polar surface area (TPSA) is 113 Å². The lowest BCUT2D eigenvalue weighted by Crippen LogP contribution is -2.43. The number of primary amides is 1. The minimum atomic E-state index is -3.62. The lowest BCUT2D eigenvalue weighted by Gasteiger charge is -2.30. The van der Waals surface area contributed by atoms with Crippen molar-refractivity contribution in [2.45, 2.75) is 36.6 Å². The fourth-order valence-electron chi connectivity index (χ4n) is 4.91. The van der Waals surface area contributed by atoms with Crippen LogP contribution in [0, 0.1) is 5.92 Å². The van der Waals surface area contributed by atoms with E-state index in [0.717, 1.165) is 23.5 Å². The SMILES string of the molecule is NC(=O)c1c(NC(=O)C2CCCN(S(=O)(=O)c3cccs3)C2)sc2c1CCN(Cc1ccccc1)C2. The number of sulfonamides is 1. The van der Waals surface area contributed by atoms with E-state index in [1.54, 1.807) is 17.5 Å². The van der Waals surface area contributed by atoms with Gasteiger partial charge in [-0.05, 0) is 41.8 Å². The maximum Gasteiger partial charge on any atom is 0.252 e. The summed E-state index contributed by atoms with van der Waals surface area (Å²) >= 11 is 2.57. The maximum absolute atomic E-state index is 13.2. The fraction of sp³-hybridized carbons (Fsp3) is 0.360. The molecule has 2 amide bonds. The van der Waals surface area contributed by atoms with E-state index in [-0.39, 0.29) is 16.7 Å². The van der Waals surface area contributed by atoms with Crippen LogP contribution in [0.15, 0.2) is 52.1 Å². The van der Waals surface area contributed by atoms with Gasteiger partial charge in [0.15, 0.2) is 0 Å². The monoisotopic (exact) mass is 544 g/mol. The molecule has 0 radical (unpaired) electrons. The van der Waals surface area contributed by atoms with Crippen molar-refractivity contribution in [3.8, 4) is 0 Å². The second-order valence-electron chi connectivity index (χ2n) is 9.14. The van der Waals surface area contributed by atoms with Crippen molar-refractivity contribution in [2.75, 3.05) is 25.0 Å². The Morgan fingerprint density at radius 2 is 1.92 bits per heavy atom. The molecule has 1 saturated heterocycles. The molecule has 36 heavy (non-hydrogen) atoms. The third-order valence-electron chi connectivity index (χ3n) is 6.71. The lowest BCUT2D eigenvalue weighted by molar-refractivity contribution is -0.120. The Labute approximate surface area is 218 Å². The largest absolute Gasteiger partial charge is 0.365 e. The fourth-order valence-corrected chi connectivity index (χ4v) is 8.87. The molecule has 0 bridgehead atoms. The number of benzene rings is 1. The van der Waals surface area contributed by atoms with Crippen LogP contribution in [-0.4, -0.2) is 49.1 Å². The normalized spacial score (nSPS) is 19.1. The van der Waals surface area contributed by atoms with Crippen LogP contribution in [0.2, 0.25) is 0 Å². The van der Waals surface area contributed by atoms with E-state index in [4.69, 9.17) is 5.73 Å². The third-order valence-corrected chi connectivity index (χ3v) is 11.1. The average Bonchev–Trinajstić information content (AvgIpc) is 3.53. The standard InChI is InChI=1S/C25H28N4O4S3/c26-23(30)22-19-10-12-28(14-17-6-2-1-3-7-17)16-20(19)35-25(22)27-24(31)18-8-4-11-29(15-18)36(32,33)21-9-5-13-34-21/h1-3,5-7,9,13,18H,4,8,10-12,14-16H2,(H2,26,30)(H,27,31). The molecule has 11 heteroatoms. The molecule has 0 spiro atoms. The number of carbonyl (C=O) groups excluding carboxylic acids is 2. The van der Waals surface area contributed by atoms with Crippen LogP contribution >= 0.6 is 22.7 Å². The smallest absolute Gasteiger partial charge is 0.252 e. The summed E-state index contributed by atoms with van der Waals surface area (Å²) in [4.78, 5) is 29.0. The minimum absolute atomic E-state index is 0.119. The molecule has 1 unspecified atom stereocenters. The minimum Gasteiger partial charge on any atom is -0.365 e. The number of piperidine rings is 1. The summed E-state index contributed by atoms with van der Waals surface area (Å²) in [5, 5.41) is 5.13. The van der Waals surface area contributed by atoms with Crippen molar-refractivity contribution in [2.24, 2.45) is 11.7 Å². The van der Waals surface area contributed by atoms with Gasteiger partial charge in [0, 0.05) is 37.6 Å². The number of anilines is 1. The number of nitrogens with two attached hydrogens (primary N) is 1. The molecule has 190 valence electrons. The van der Waals surface area contributed by atoms with Crippen molar-refractivity contribution in [3.05, 3.63) is 69.4 Å². The molecule has 5 rings (SSSR count). The van der Waals surface area contributed by atoms with Gasteiger partial charge in [0.1, 0.15) is 9.21 Å². The van der Waals surface area contributed by atoms with Gasteiger partial charge in [-0.3, -0.25) is 14.5 Å². The molecular weight excluding hydrogens is 517 g/mol. The molecule has 1 atom stereocenters. The number of carbonyl (C=O) groups is 2. The highest BCUT2D eigenvalue weighted by atomic mass is 32.2. The van der Waals surface area contributed by atoms with E-state index in [1.807, 2.05) is 18.2 Å². The highest BCUT2D eigenvalue weighted by Crippen LogP contribution is 2.38. The Hall–Kier alpha value is -2.57. The van der Waals surface area contributed by atoms with Crippen LogP contribution in [0.25, 0.3) is 0 Å². The Kier molecular flexibility index (Phi) is 7.27. The molecule has 2 aliphatic heterocycles. The Morgan fingerprint density at radius 3 is 2.64 bits per heavy atom. The molecule has 0 saturated carbocycles. The highest BCUT2D eigenvalue weighted by molar-refractivity contribution is 7.91. The van der Waals surface area contributed by atoms with Gasteiger partial charge < -0.3 is 11.1 Å². The quantitative estimate of drug-likeness (QED) is 0.473. The number of thiophene rings is 2. The first-order valence-electron chi connectivity index (χ1n) is 11.9. The van der Waals surface area contributed by atoms with Gasteiger partial charge in [-0.2, -0.15) is 4.31 Å². The van der Waals surface area contributed by atoms with E-state index < -0.39 is 21.8 Å². The molecular formula is C25H28N4O4S3. The van der Waals surface area contributed by atoms with Gasteiger partial charge >= 0.3 is 0 Å². The van der Waals surface area contributed by atoms with Crippen LogP contribution in [0.1, 0.15) is 39.2 Å². The summed E-state index contributed by atoms with van der Waals surface area (Å²) in [6, 6.07) is 13.5. The zero-order valence-electron chi connectivity index (χ0n) is 19.7. The summed E-state index contributed by atoms with van der Waals surface area (Å²) in [5.41, 5.74) is 8.27. The van der Waals surface area contributed by atoms with Crippen LogP contribution in [0.5, 0.6) is 0 Å².